The Morgan fingerprint density at radius 2 is 2.11 bits per heavy atom. The standard InChI is InChI=1S/C14H15Br2NO2/c1-2-17-7-10-5-12(18-8-10)9-19-14-4-3-11(15)6-13(14)16/h3-6,8,17H,2,7,9H2,1H3. The summed E-state index contributed by atoms with van der Waals surface area (Å²) in [7, 11) is 0. The van der Waals surface area contributed by atoms with Crippen LogP contribution < -0.4 is 10.1 Å². The molecule has 0 aliphatic carbocycles. The summed E-state index contributed by atoms with van der Waals surface area (Å²) in [4.78, 5) is 0. The molecule has 102 valence electrons. The third-order valence-corrected chi connectivity index (χ3v) is 3.66. The molecule has 2 rings (SSSR count). The second-order valence-electron chi connectivity index (χ2n) is 4.07. The predicted molar refractivity (Wildman–Crippen MR) is 82.3 cm³/mol. The topological polar surface area (TPSA) is 34.4 Å². The van der Waals surface area contributed by atoms with E-state index in [4.69, 9.17) is 9.15 Å². The molecule has 1 heterocycles. The van der Waals surface area contributed by atoms with E-state index in [0.717, 1.165) is 39.1 Å². The first-order valence-corrected chi connectivity index (χ1v) is 7.62. The fourth-order valence-corrected chi connectivity index (χ4v) is 2.77. The number of halogens is 2. The smallest absolute Gasteiger partial charge is 0.146 e. The van der Waals surface area contributed by atoms with Crippen LogP contribution >= 0.6 is 31.9 Å². The lowest BCUT2D eigenvalue weighted by molar-refractivity contribution is 0.268. The zero-order chi connectivity index (χ0) is 13.7. The molecule has 3 nitrogen and oxygen atoms in total. The van der Waals surface area contributed by atoms with Gasteiger partial charge in [0, 0.05) is 16.6 Å². The van der Waals surface area contributed by atoms with Gasteiger partial charge in [-0.25, -0.2) is 0 Å². The van der Waals surface area contributed by atoms with E-state index < -0.39 is 0 Å². The highest BCUT2D eigenvalue weighted by Crippen LogP contribution is 2.28. The van der Waals surface area contributed by atoms with Gasteiger partial charge in [0.1, 0.15) is 18.1 Å². The first-order valence-electron chi connectivity index (χ1n) is 6.04. The fraction of sp³-hybridized carbons (Fsp3) is 0.286. The van der Waals surface area contributed by atoms with Crippen LogP contribution in [0.15, 0.2) is 43.9 Å². The summed E-state index contributed by atoms with van der Waals surface area (Å²) in [6, 6.07) is 7.82. The quantitative estimate of drug-likeness (QED) is 0.791. The van der Waals surface area contributed by atoms with E-state index in [2.05, 4.69) is 44.1 Å². The van der Waals surface area contributed by atoms with E-state index in [1.54, 1.807) is 6.26 Å². The van der Waals surface area contributed by atoms with Gasteiger partial charge < -0.3 is 14.5 Å². The summed E-state index contributed by atoms with van der Waals surface area (Å²) in [6.45, 7) is 4.27. The van der Waals surface area contributed by atoms with Gasteiger partial charge in [-0.05, 0) is 46.7 Å². The molecule has 0 unspecified atom stereocenters. The Bertz CT molecular complexity index is 540. The predicted octanol–water partition coefficient (Wildman–Crippen LogP) is 4.49. The molecule has 0 saturated carbocycles. The van der Waals surface area contributed by atoms with E-state index in [-0.39, 0.29) is 0 Å². The first kappa shape index (κ1) is 14.6. The second kappa shape index (κ2) is 7.12. The summed E-state index contributed by atoms with van der Waals surface area (Å²) >= 11 is 6.87. The monoisotopic (exact) mass is 387 g/mol. The summed E-state index contributed by atoms with van der Waals surface area (Å²) in [5.74, 6) is 1.62. The minimum Gasteiger partial charge on any atom is -0.484 e. The molecule has 0 fully saturated rings. The van der Waals surface area contributed by atoms with Crippen LogP contribution in [0.3, 0.4) is 0 Å². The molecule has 0 spiro atoms. The fourth-order valence-electron chi connectivity index (χ4n) is 1.61. The van der Waals surface area contributed by atoms with Crippen LogP contribution in [-0.4, -0.2) is 6.54 Å². The average Bonchev–Trinajstić information content (AvgIpc) is 2.83. The number of rotatable bonds is 6. The molecule has 19 heavy (non-hydrogen) atoms. The molecule has 1 N–H and O–H groups in total. The van der Waals surface area contributed by atoms with Gasteiger partial charge in [0.15, 0.2) is 0 Å². The van der Waals surface area contributed by atoms with Crippen LogP contribution in [0.4, 0.5) is 0 Å². The van der Waals surface area contributed by atoms with Crippen molar-refractivity contribution in [3.63, 3.8) is 0 Å². The Balaban J connectivity index is 1.92. The van der Waals surface area contributed by atoms with Crippen LogP contribution in [0.1, 0.15) is 18.2 Å². The number of ether oxygens (including phenoxy) is 1. The molecule has 0 amide bonds. The Morgan fingerprint density at radius 3 is 2.84 bits per heavy atom. The van der Waals surface area contributed by atoms with E-state index in [1.165, 1.54) is 0 Å². The molecule has 0 bridgehead atoms. The van der Waals surface area contributed by atoms with Crippen molar-refractivity contribution < 1.29 is 9.15 Å². The Kier molecular flexibility index (Phi) is 5.48. The lowest BCUT2D eigenvalue weighted by Crippen LogP contribution is -2.10. The third-order valence-electron chi connectivity index (χ3n) is 2.55. The highest BCUT2D eigenvalue weighted by molar-refractivity contribution is 9.11. The molecular weight excluding hydrogens is 374 g/mol. The highest BCUT2D eigenvalue weighted by atomic mass is 79.9. The lowest BCUT2D eigenvalue weighted by atomic mass is 10.3. The summed E-state index contributed by atoms with van der Waals surface area (Å²) in [5.41, 5.74) is 1.13. The molecule has 5 heteroatoms. The van der Waals surface area contributed by atoms with Crippen molar-refractivity contribution in [3.8, 4) is 5.75 Å². The number of hydrogen-bond donors (Lipinski definition) is 1. The van der Waals surface area contributed by atoms with Crippen molar-refractivity contribution >= 4 is 31.9 Å². The highest BCUT2D eigenvalue weighted by Gasteiger charge is 2.05. The maximum atomic E-state index is 5.71. The van der Waals surface area contributed by atoms with Crippen molar-refractivity contribution in [1.82, 2.24) is 5.32 Å². The van der Waals surface area contributed by atoms with Crippen molar-refractivity contribution in [3.05, 3.63) is 50.8 Å². The van der Waals surface area contributed by atoms with E-state index in [0.29, 0.717) is 6.61 Å². The van der Waals surface area contributed by atoms with Crippen LogP contribution in [0, 0.1) is 0 Å². The van der Waals surface area contributed by atoms with Crippen LogP contribution in [0.25, 0.3) is 0 Å². The number of benzene rings is 1. The van der Waals surface area contributed by atoms with Gasteiger partial charge in [0.05, 0.1) is 10.7 Å². The van der Waals surface area contributed by atoms with Gasteiger partial charge in [0.25, 0.3) is 0 Å². The van der Waals surface area contributed by atoms with Gasteiger partial charge in [0.2, 0.25) is 0 Å². The van der Waals surface area contributed by atoms with Crippen LogP contribution in [0.2, 0.25) is 0 Å². The zero-order valence-corrected chi connectivity index (χ0v) is 13.8. The molecule has 0 aliphatic rings. The molecule has 0 atom stereocenters. The van der Waals surface area contributed by atoms with Crippen molar-refractivity contribution in [1.29, 1.82) is 0 Å². The van der Waals surface area contributed by atoms with Crippen molar-refractivity contribution in [2.24, 2.45) is 0 Å². The molecule has 2 aromatic rings. The van der Waals surface area contributed by atoms with E-state index in [9.17, 15) is 0 Å². The van der Waals surface area contributed by atoms with Gasteiger partial charge in [-0.3, -0.25) is 0 Å². The summed E-state index contributed by atoms with van der Waals surface area (Å²) in [5, 5.41) is 3.25. The molecular formula is C14H15Br2NO2. The van der Waals surface area contributed by atoms with Crippen LogP contribution in [0.5, 0.6) is 5.75 Å². The molecule has 1 aromatic heterocycles. The number of nitrogens with one attached hydrogen (secondary N) is 1. The summed E-state index contributed by atoms with van der Waals surface area (Å²) < 4.78 is 13.1. The molecule has 1 aromatic carbocycles. The third kappa shape index (κ3) is 4.37. The van der Waals surface area contributed by atoms with Crippen molar-refractivity contribution in [2.45, 2.75) is 20.1 Å². The van der Waals surface area contributed by atoms with Gasteiger partial charge >= 0.3 is 0 Å². The minimum absolute atomic E-state index is 0.423. The minimum atomic E-state index is 0.423. The number of furan rings is 1. The van der Waals surface area contributed by atoms with E-state index in [1.807, 2.05) is 24.3 Å². The molecule has 0 aliphatic heterocycles. The van der Waals surface area contributed by atoms with Gasteiger partial charge in [-0.1, -0.05) is 22.9 Å². The normalized spacial score (nSPS) is 10.7. The SMILES string of the molecule is CCNCc1coc(COc2ccc(Br)cc2Br)c1. The van der Waals surface area contributed by atoms with Crippen LogP contribution in [-0.2, 0) is 13.2 Å². The first-order chi connectivity index (χ1) is 9.19. The molecule has 0 radical (unpaired) electrons. The summed E-state index contributed by atoms with van der Waals surface area (Å²) in [6.07, 6.45) is 1.76. The van der Waals surface area contributed by atoms with Gasteiger partial charge in [-0.2, -0.15) is 0 Å². The van der Waals surface area contributed by atoms with Gasteiger partial charge in [-0.15, -0.1) is 0 Å². The zero-order valence-electron chi connectivity index (χ0n) is 10.6. The maximum Gasteiger partial charge on any atom is 0.146 e. The second-order valence-corrected chi connectivity index (χ2v) is 5.84. The lowest BCUT2D eigenvalue weighted by Gasteiger charge is -2.06. The molecule has 0 saturated heterocycles. The average molecular weight is 389 g/mol. The number of hydrogen-bond acceptors (Lipinski definition) is 3. The van der Waals surface area contributed by atoms with Crippen molar-refractivity contribution in [2.75, 3.05) is 6.54 Å². The largest absolute Gasteiger partial charge is 0.484 e. The van der Waals surface area contributed by atoms with E-state index >= 15 is 0 Å². The Hall–Kier alpha value is -0.780. The maximum absolute atomic E-state index is 5.71. The Morgan fingerprint density at radius 1 is 1.26 bits per heavy atom. The Labute approximate surface area is 129 Å².